The SMILES string of the molecule is C=CC(CCN1CCC(N(C)C(=O)Cc2ccc(F)cc2)CC1)c1ccccc1. The first kappa shape index (κ1) is 21.3. The maximum Gasteiger partial charge on any atom is 0.226 e. The Bertz CT molecular complexity index is 782. The van der Waals surface area contributed by atoms with Crippen LogP contribution in [0.15, 0.2) is 67.3 Å². The lowest BCUT2D eigenvalue weighted by Gasteiger charge is -2.37. The van der Waals surface area contributed by atoms with E-state index in [4.69, 9.17) is 0 Å². The molecule has 1 amide bonds. The number of hydrogen-bond donors (Lipinski definition) is 0. The molecule has 3 rings (SSSR count). The van der Waals surface area contributed by atoms with Gasteiger partial charge in [-0.1, -0.05) is 48.5 Å². The number of piperidine rings is 1. The van der Waals surface area contributed by atoms with Gasteiger partial charge in [0.1, 0.15) is 5.82 Å². The number of benzene rings is 2. The number of hydrogen-bond acceptors (Lipinski definition) is 2. The van der Waals surface area contributed by atoms with Gasteiger partial charge >= 0.3 is 0 Å². The molecule has 29 heavy (non-hydrogen) atoms. The van der Waals surface area contributed by atoms with Crippen LogP contribution in [0, 0.1) is 5.82 Å². The molecule has 1 unspecified atom stereocenters. The van der Waals surface area contributed by atoms with Crippen molar-refractivity contribution in [1.82, 2.24) is 9.80 Å². The van der Waals surface area contributed by atoms with E-state index < -0.39 is 0 Å². The summed E-state index contributed by atoms with van der Waals surface area (Å²) in [6.07, 6.45) is 5.43. The van der Waals surface area contributed by atoms with Crippen LogP contribution in [0.4, 0.5) is 4.39 Å². The molecule has 1 aliphatic heterocycles. The minimum Gasteiger partial charge on any atom is -0.342 e. The quantitative estimate of drug-likeness (QED) is 0.609. The van der Waals surface area contributed by atoms with E-state index >= 15 is 0 Å². The Labute approximate surface area is 173 Å². The Kier molecular flexibility index (Phi) is 7.59. The van der Waals surface area contributed by atoms with Crippen LogP contribution in [0.25, 0.3) is 0 Å². The van der Waals surface area contributed by atoms with E-state index in [1.54, 1.807) is 12.1 Å². The number of carbonyl (C=O) groups excluding carboxylic acids is 1. The number of rotatable bonds is 8. The molecule has 0 aliphatic carbocycles. The Morgan fingerprint density at radius 1 is 1.17 bits per heavy atom. The van der Waals surface area contributed by atoms with Gasteiger partial charge in [-0.2, -0.15) is 0 Å². The average Bonchev–Trinajstić information content (AvgIpc) is 2.76. The minimum atomic E-state index is -0.270. The van der Waals surface area contributed by atoms with Crippen LogP contribution >= 0.6 is 0 Å². The van der Waals surface area contributed by atoms with Crippen LogP contribution in [-0.4, -0.2) is 48.4 Å². The molecule has 154 valence electrons. The third-order valence-corrected chi connectivity index (χ3v) is 6.04. The van der Waals surface area contributed by atoms with Gasteiger partial charge in [0.2, 0.25) is 5.91 Å². The summed E-state index contributed by atoms with van der Waals surface area (Å²) in [6.45, 7) is 7.08. The van der Waals surface area contributed by atoms with Gasteiger partial charge < -0.3 is 9.80 Å². The van der Waals surface area contributed by atoms with E-state index in [2.05, 4.69) is 35.7 Å². The molecule has 2 aromatic carbocycles. The van der Waals surface area contributed by atoms with Crippen molar-refractivity contribution in [2.45, 2.75) is 37.6 Å². The van der Waals surface area contributed by atoms with Crippen LogP contribution in [0.1, 0.15) is 36.3 Å². The van der Waals surface area contributed by atoms with Crippen molar-refractivity contribution in [3.63, 3.8) is 0 Å². The molecule has 1 aliphatic rings. The fourth-order valence-corrected chi connectivity index (χ4v) is 4.08. The summed E-state index contributed by atoms with van der Waals surface area (Å²) in [6, 6.07) is 17.0. The fraction of sp³-hybridized carbons (Fsp3) is 0.400. The summed E-state index contributed by atoms with van der Waals surface area (Å²) in [5, 5.41) is 0. The first-order valence-corrected chi connectivity index (χ1v) is 10.5. The number of allylic oxidation sites excluding steroid dienone is 1. The van der Waals surface area contributed by atoms with E-state index in [0.717, 1.165) is 44.5 Å². The molecular formula is C25H31FN2O. The molecule has 1 heterocycles. The second-order valence-electron chi connectivity index (χ2n) is 7.92. The van der Waals surface area contributed by atoms with Crippen molar-refractivity contribution >= 4 is 5.91 Å². The molecule has 0 N–H and O–H groups in total. The topological polar surface area (TPSA) is 23.6 Å². The van der Waals surface area contributed by atoms with Crippen molar-refractivity contribution < 1.29 is 9.18 Å². The zero-order chi connectivity index (χ0) is 20.6. The van der Waals surface area contributed by atoms with Crippen LogP contribution in [0.2, 0.25) is 0 Å². The molecule has 3 nitrogen and oxygen atoms in total. The molecule has 1 saturated heterocycles. The van der Waals surface area contributed by atoms with E-state index in [0.29, 0.717) is 12.3 Å². The monoisotopic (exact) mass is 394 g/mol. The van der Waals surface area contributed by atoms with Crippen LogP contribution < -0.4 is 0 Å². The van der Waals surface area contributed by atoms with E-state index in [-0.39, 0.29) is 17.8 Å². The van der Waals surface area contributed by atoms with Crippen molar-refractivity contribution in [2.75, 3.05) is 26.7 Å². The Morgan fingerprint density at radius 3 is 2.45 bits per heavy atom. The molecular weight excluding hydrogens is 363 g/mol. The van der Waals surface area contributed by atoms with Gasteiger partial charge in [0.15, 0.2) is 0 Å². The van der Waals surface area contributed by atoms with Crippen LogP contribution in [0.3, 0.4) is 0 Å². The van der Waals surface area contributed by atoms with Gasteiger partial charge in [0, 0.05) is 32.1 Å². The van der Waals surface area contributed by atoms with E-state index in [1.165, 1.54) is 17.7 Å². The lowest BCUT2D eigenvalue weighted by Crippen LogP contribution is -2.46. The summed E-state index contributed by atoms with van der Waals surface area (Å²) >= 11 is 0. The zero-order valence-corrected chi connectivity index (χ0v) is 17.3. The summed E-state index contributed by atoms with van der Waals surface area (Å²) < 4.78 is 13.0. The lowest BCUT2D eigenvalue weighted by molar-refractivity contribution is -0.132. The van der Waals surface area contributed by atoms with Gasteiger partial charge in [-0.3, -0.25) is 4.79 Å². The molecule has 0 bridgehead atoms. The molecule has 2 aromatic rings. The molecule has 0 saturated carbocycles. The normalized spacial score (nSPS) is 16.3. The number of likely N-dealkylation sites (N-methyl/N-ethyl adjacent to an activating group) is 1. The first-order chi connectivity index (χ1) is 14.1. The summed E-state index contributed by atoms with van der Waals surface area (Å²) in [5.41, 5.74) is 2.18. The highest BCUT2D eigenvalue weighted by Crippen LogP contribution is 2.23. The average molecular weight is 395 g/mol. The molecule has 1 atom stereocenters. The highest BCUT2D eigenvalue weighted by atomic mass is 19.1. The van der Waals surface area contributed by atoms with Gasteiger partial charge in [0.25, 0.3) is 0 Å². The van der Waals surface area contributed by atoms with E-state index in [9.17, 15) is 9.18 Å². The van der Waals surface area contributed by atoms with E-state index in [1.807, 2.05) is 24.1 Å². The number of carbonyl (C=O) groups is 1. The number of amides is 1. The zero-order valence-electron chi connectivity index (χ0n) is 17.3. The van der Waals surface area contributed by atoms with Gasteiger partial charge in [-0.05, 0) is 49.1 Å². The molecule has 1 fully saturated rings. The van der Waals surface area contributed by atoms with Crippen molar-refractivity contribution in [1.29, 1.82) is 0 Å². The van der Waals surface area contributed by atoms with Crippen LogP contribution in [0.5, 0.6) is 0 Å². The number of nitrogens with zero attached hydrogens (tertiary/aromatic N) is 2. The summed E-state index contributed by atoms with van der Waals surface area (Å²) in [5.74, 6) is 0.215. The maximum absolute atomic E-state index is 13.0. The Balaban J connectivity index is 1.44. The number of halogens is 1. The van der Waals surface area contributed by atoms with Gasteiger partial charge in [-0.25, -0.2) is 4.39 Å². The third kappa shape index (κ3) is 6.01. The molecule has 0 aromatic heterocycles. The molecule has 0 spiro atoms. The molecule has 4 heteroatoms. The third-order valence-electron chi connectivity index (χ3n) is 6.04. The second kappa shape index (κ2) is 10.4. The van der Waals surface area contributed by atoms with Gasteiger partial charge in [-0.15, -0.1) is 6.58 Å². The van der Waals surface area contributed by atoms with Crippen molar-refractivity contribution in [3.8, 4) is 0 Å². The fourth-order valence-electron chi connectivity index (χ4n) is 4.08. The summed E-state index contributed by atoms with van der Waals surface area (Å²) in [4.78, 5) is 17.0. The Morgan fingerprint density at radius 2 is 1.83 bits per heavy atom. The highest BCUT2D eigenvalue weighted by molar-refractivity contribution is 5.78. The number of likely N-dealkylation sites (tertiary alicyclic amines) is 1. The van der Waals surface area contributed by atoms with Crippen molar-refractivity contribution in [2.24, 2.45) is 0 Å². The predicted molar refractivity (Wildman–Crippen MR) is 116 cm³/mol. The summed E-state index contributed by atoms with van der Waals surface area (Å²) in [7, 11) is 1.90. The Hall–Kier alpha value is -2.46. The predicted octanol–water partition coefficient (Wildman–Crippen LogP) is 4.65. The van der Waals surface area contributed by atoms with Crippen LogP contribution in [-0.2, 0) is 11.2 Å². The van der Waals surface area contributed by atoms with Gasteiger partial charge in [0.05, 0.1) is 6.42 Å². The molecule has 0 radical (unpaired) electrons. The largest absolute Gasteiger partial charge is 0.342 e. The standard InChI is InChI=1S/C25H31FN2O/c1-3-21(22-7-5-4-6-8-22)13-16-28-17-14-24(15-18-28)27(2)25(29)19-20-9-11-23(26)12-10-20/h3-12,21,24H,1,13-19H2,2H3. The van der Waals surface area contributed by atoms with Crippen molar-refractivity contribution in [3.05, 3.63) is 84.2 Å². The maximum atomic E-state index is 13.0. The first-order valence-electron chi connectivity index (χ1n) is 10.5. The smallest absolute Gasteiger partial charge is 0.226 e. The second-order valence-corrected chi connectivity index (χ2v) is 7.92. The minimum absolute atomic E-state index is 0.103. The highest BCUT2D eigenvalue weighted by Gasteiger charge is 2.25. The lowest BCUT2D eigenvalue weighted by atomic mass is 9.95.